The van der Waals surface area contributed by atoms with Gasteiger partial charge in [-0.15, -0.1) is 12.4 Å². The summed E-state index contributed by atoms with van der Waals surface area (Å²) in [4.78, 5) is 12.7. The normalized spacial score (nSPS) is 15.7. The highest BCUT2D eigenvalue weighted by Gasteiger charge is 2.28. The topological polar surface area (TPSA) is 23.6 Å². The van der Waals surface area contributed by atoms with Gasteiger partial charge in [-0.2, -0.15) is 0 Å². The van der Waals surface area contributed by atoms with Crippen LogP contribution in [0.3, 0.4) is 0 Å². The number of amides is 1. The zero-order valence-corrected chi connectivity index (χ0v) is 14.4. The highest BCUT2D eigenvalue weighted by Crippen LogP contribution is 2.29. The lowest BCUT2D eigenvalue weighted by Gasteiger charge is -2.39. The Kier molecular flexibility index (Phi) is 6.69. The van der Waals surface area contributed by atoms with Crippen LogP contribution < -0.4 is 5.01 Å². The van der Waals surface area contributed by atoms with Gasteiger partial charge in [0.1, 0.15) is 0 Å². The number of benzene rings is 1. The van der Waals surface area contributed by atoms with E-state index in [1.165, 1.54) is 30.4 Å². The van der Waals surface area contributed by atoms with E-state index >= 15 is 0 Å². The summed E-state index contributed by atoms with van der Waals surface area (Å²) in [5.41, 5.74) is 3.42. The fraction of sp³-hybridized carbons (Fsp3) is 0.588. The summed E-state index contributed by atoms with van der Waals surface area (Å²) in [5.74, 6) is 0.209. The predicted molar refractivity (Wildman–Crippen MR) is 90.9 cm³/mol. The van der Waals surface area contributed by atoms with Crippen molar-refractivity contribution in [3.63, 3.8) is 0 Å². The van der Waals surface area contributed by atoms with Crippen molar-refractivity contribution in [1.82, 2.24) is 5.01 Å². The van der Waals surface area contributed by atoms with Crippen molar-refractivity contribution in [1.29, 1.82) is 0 Å². The number of nitrogens with zero attached hydrogens (tertiary/aromatic N) is 2. The van der Waals surface area contributed by atoms with Crippen LogP contribution >= 0.6 is 12.4 Å². The summed E-state index contributed by atoms with van der Waals surface area (Å²) in [6, 6.07) is 6.24. The monoisotopic (exact) mass is 310 g/mol. The summed E-state index contributed by atoms with van der Waals surface area (Å²) in [5, 5.41) is 4.19. The van der Waals surface area contributed by atoms with Crippen LogP contribution in [-0.2, 0) is 4.79 Å². The third kappa shape index (κ3) is 3.98. The van der Waals surface area contributed by atoms with E-state index in [1.807, 2.05) is 18.9 Å². The van der Waals surface area contributed by atoms with Gasteiger partial charge in [0.2, 0.25) is 5.91 Å². The molecule has 1 aliphatic heterocycles. The molecule has 1 aliphatic rings. The molecule has 1 fully saturated rings. The molecule has 1 aromatic rings. The van der Waals surface area contributed by atoms with Gasteiger partial charge in [-0.25, -0.2) is 10.0 Å². The molecule has 1 aromatic carbocycles. The smallest absolute Gasteiger partial charge is 0.244 e. The van der Waals surface area contributed by atoms with Gasteiger partial charge in [0.15, 0.2) is 0 Å². The zero-order valence-electron chi connectivity index (χ0n) is 13.6. The Balaban J connectivity index is 0.00000220. The van der Waals surface area contributed by atoms with E-state index in [0.29, 0.717) is 0 Å². The summed E-state index contributed by atoms with van der Waals surface area (Å²) < 4.78 is 0. The molecule has 0 N–H and O–H groups in total. The van der Waals surface area contributed by atoms with E-state index in [1.54, 1.807) is 0 Å². The molecule has 2 rings (SSSR count). The highest BCUT2D eigenvalue weighted by atomic mass is 35.5. The summed E-state index contributed by atoms with van der Waals surface area (Å²) >= 11 is 0. The van der Waals surface area contributed by atoms with Crippen molar-refractivity contribution in [3.05, 3.63) is 29.3 Å². The molecule has 21 heavy (non-hydrogen) atoms. The van der Waals surface area contributed by atoms with E-state index in [4.69, 9.17) is 0 Å². The summed E-state index contributed by atoms with van der Waals surface area (Å²) in [6.45, 7) is 10.1. The molecule has 1 heterocycles. The first-order chi connectivity index (χ1) is 9.52. The van der Waals surface area contributed by atoms with Crippen molar-refractivity contribution in [2.75, 3.05) is 18.1 Å². The lowest BCUT2D eigenvalue weighted by Crippen LogP contribution is -2.51. The fourth-order valence-corrected chi connectivity index (χ4v) is 2.85. The van der Waals surface area contributed by atoms with Gasteiger partial charge in [0.25, 0.3) is 0 Å². The first-order valence-corrected chi connectivity index (χ1v) is 7.67. The number of hydrogen-bond acceptors (Lipinski definition) is 2. The molecule has 0 bridgehead atoms. The highest BCUT2D eigenvalue weighted by molar-refractivity contribution is 5.95. The lowest BCUT2D eigenvalue weighted by atomic mass is 10.1. The van der Waals surface area contributed by atoms with Crippen molar-refractivity contribution >= 4 is 24.0 Å². The van der Waals surface area contributed by atoms with Crippen molar-refractivity contribution in [3.8, 4) is 0 Å². The van der Waals surface area contributed by atoms with Crippen LogP contribution in [0.25, 0.3) is 0 Å². The Morgan fingerprint density at radius 2 is 1.62 bits per heavy atom. The van der Waals surface area contributed by atoms with E-state index < -0.39 is 0 Å². The molecule has 4 heteroatoms. The van der Waals surface area contributed by atoms with Crippen LogP contribution in [0.2, 0.25) is 0 Å². The van der Waals surface area contributed by atoms with Crippen molar-refractivity contribution in [2.24, 2.45) is 5.92 Å². The number of piperidine rings is 1. The standard InChI is InChI=1S/C17H26N2O.ClH/c1-13(2)17(20)19(18-11-6-5-7-12-18)16-14(3)9-8-10-15(16)4;/h8-10,13H,5-7,11-12H2,1-4H3;1H. The number of hydrogen-bond donors (Lipinski definition) is 0. The van der Waals surface area contributed by atoms with E-state index in [2.05, 4.69) is 37.1 Å². The predicted octanol–water partition coefficient (Wildman–Crippen LogP) is 4.12. The van der Waals surface area contributed by atoms with Gasteiger partial charge in [-0.05, 0) is 37.8 Å². The molecule has 0 unspecified atom stereocenters. The quantitative estimate of drug-likeness (QED) is 0.838. The Morgan fingerprint density at radius 3 is 2.10 bits per heavy atom. The first-order valence-electron chi connectivity index (χ1n) is 7.67. The van der Waals surface area contributed by atoms with Crippen LogP contribution in [0, 0.1) is 19.8 Å². The van der Waals surface area contributed by atoms with Gasteiger partial charge in [-0.1, -0.05) is 38.5 Å². The zero-order chi connectivity index (χ0) is 14.7. The third-order valence-corrected chi connectivity index (χ3v) is 3.97. The minimum absolute atomic E-state index is 0. The van der Waals surface area contributed by atoms with Gasteiger partial charge in [0, 0.05) is 19.0 Å². The van der Waals surface area contributed by atoms with Gasteiger partial charge in [0.05, 0.1) is 5.69 Å². The minimum Gasteiger partial charge on any atom is -0.273 e. The second-order valence-corrected chi connectivity index (χ2v) is 6.06. The fourth-order valence-electron chi connectivity index (χ4n) is 2.85. The van der Waals surface area contributed by atoms with Crippen LogP contribution in [-0.4, -0.2) is 24.0 Å². The number of halogens is 1. The van der Waals surface area contributed by atoms with Gasteiger partial charge < -0.3 is 0 Å². The maximum absolute atomic E-state index is 12.7. The Labute approximate surface area is 134 Å². The molecule has 0 radical (unpaired) electrons. The molecule has 0 aromatic heterocycles. The molecule has 0 atom stereocenters. The van der Waals surface area contributed by atoms with Crippen LogP contribution in [0.15, 0.2) is 18.2 Å². The van der Waals surface area contributed by atoms with E-state index in [9.17, 15) is 4.79 Å². The molecule has 1 saturated heterocycles. The Bertz CT molecular complexity index is 461. The number of carbonyl (C=O) groups is 1. The van der Waals surface area contributed by atoms with Gasteiger partial charge >= 0.3 is 0 Å². The minimum atomic E-state index is 0. The number of carbonyl (C=O) groups excluding carboxylic acids is 1. The summed E-state index contributed by atoms with van der Waals surface area (Å²) in [6.07, 6.45) is 3.62. The molecule has 0 aliphatic carbocycles. The molecule has 1 amide bonds. The number of hydrazine groups is 1. The SMILES string of the molecule is Cc1cccc(C)c1N(C(=O)C(C)C)N1CCCCC1.Cl. The largest absolute Gasteiger partial charge is 0.273 e. The average molecular weight is 311 g/mol. The Hall–Kier alpha value is -1.06. The summed E-state index contributed by atoms with van der Waals surface area (Å²) in [7, 11) is 0. The van der Waals surface area contributed by atoms with Crippen molar-refractivity contribution in [2.45, 2.75) is 47.0 Å². The second kappa shape index (κ2) is 7.81. The maximum atomic E-state index is 12.7. The Morgan fingerprint density at radius 1 is 1.10 bits per heavy atom. The molecular weight excluding hydrogens is 284 g/mol. The molecule has 0 saturated carbocycles. The van der Waals surface area contributed by atoms with Crippen molar-refractivity contribution < 1.29 is 4.79 Å². The van der Waals surface area contributed by atoms with Crippen LogP contribution in [0.1, 0.15) is 44.2 Å². The number of para-hydroxylation sites is 1. The number of anilines is 1. The lowest BCUT2D eigenvalue weighted by molar-refractivity contribution is -0.124. The second-order valence-electron chi connectivity index (χ2n) is 6.06. The molecule has 118 valence electrons. The third-order valence-electron chi connectivity index (χ3n) is 3.97. The molecule has 0 spiro atoms. The van der Waals surface area contributed by atoms with E-state index in [0.717, 1.165) is 18.8 Å². The van der Waals surface area contributed by atoms with Crippen LogP contribution in [0.5, 0.6) is 0 Å². The maximum Gasteiger partial charge on any atom is 0.244 e. The first kappa shape index (κ1) is 18.0. The average Bonchev–Trinajstić information content (AvgIpc) is 2.43. The van der Waals surface area contributed by atoms with E-state index in [-0.39, 0.29) is 24.2 Å². The van der Waals surface area contributed by atoms with Crippen LogP contribution in [0.4, 0.5) is 5.69 Å². The number of aryl methyl sites for hydroxylation is 2. The molecule has 3 nitrogen and oxygen atoms in total. The van der Waals surface area contributed by atoms with Gasteiger partial charge in [-0.3, -0.25) is 4.79 Å². The molecular formula is C17H27ClN2O. The number of rotatable bonds is 3.